The lowest BCUT2D eigenvalue weighted by atomic mass is 10.1. The minimum atomic E-state index is -0.965. The quantitative estimate of drug-likeness (QED) is 0.736. The van der Waals surface area contributed by atoms with E-state index in [0.717, 1.165) is 22.7 Å². The van der Waals surface area contributed by atoms with Gasteiger partial charge in [-0.05, 0) is 19.9 Å². The SMILES string of the molecule is COc1ccnc(CC2(N)N=C(N)C(C)=C(C)N2)c1. The van der Waals surface area contributed by atoms with Crippen LogP contribution in [0, 0.1) is 0 Å². The Kier molecular flexibility index (Phi) is 3.44. The number of methoxy groups -OCH3 is 1. The van der Waals surface area contributed by atoms with Gasteiger partial charge in [-0.15, -0.1) is 0 Å². The van der Waals surface area contributed by atoms with E-state index in [1.807, 2.05) is 19.9 Å². The van der Waals surface area contributed by atoms with Crippen LogP contribution in [0.4, 0.5) is 0 Å². The van der Waals surface area contributed by atoms with Gasteiger partial charge in [0, 0.05) is 35.6 Å². The molecule has 1 unspecified atom stereocenters. The molecule has 1 aliphatic heterocycles. The summed E-state index contributed by atoms with van der Waals surface area (Å²) in [6, 6.07) is 3.62. The van der Waals surface area contributed by atoms with Crippen LogP contribution in [0.25, 0.3) is 0 Å². The van der Waals surface area contributed by atoms with E-state index in [0.29, 0.717) is 12.3 Å². The van der Waals surface area contributed by atoms with Crippen molar-refractivity contribution in [2.75, 3.05) is 7.11 Å². The lowest BCUT2D eigenvalue weighted by Gasteiger charge is -2.32. The first kappa shape index (κ1) is 13.4. The maximum absolute atomic E-state index is 6.23. The highest BCUT2D eigenvalue weighted by Crippen LogP contribution is 2.19. The van der Waals surface area contributed by atoms with Crippen molar-refractivity contribution >= 4 is 5.84 Å². The average molecular weight is 261 g/mol. The Morgan fingerprint density at radius 2 is 2.16 bits per heavy atom. The topological polar surface area (TPSA) is 98.5 Å². The van der Waals surface area contributed by atoms with E-state index in [1.165, 1.54) is 0 Å². The van der Waals surface area contributed by atoms with Gasteiger partial charge in [-0.1, -0.05) is 0 Å². The highest BCUT2D eigenvalue weighted by molar-refractivity contribution is 5.97. The molecule has 0 amide bonds. The van der Waals surface area contributed by atoms with Gasteiger partial charge in [0.05, 0.1) is 7.11 Å². The van der Waals surface area contributed by atoms with Crippen molar-refractivity contribution in [1.29, 1.82) is 0 Å². The molecule has 0 aromatic carbocycles. The number of pyridine rings is 1. The van der Waals surface area contributed by atoms with E-state index in [9.17, 15) is 0 Å². The van der Waals surface area contributed by atoms with Crippen molar-refractivity contribution in [3.05, 3.63) is 35.3 Å². The van der Waals surface area contributed by atoms with Gasteiger partial charge in [0.15, 0.2) is 5.79 Å². The molecule has 102 valence electrons. The molecule has 0 radical (unpaired) electrons. The second-order valence-electron chi connectivity index (χ2n) is 4.66. The van der Waals surface area contributed by atoms with Crippen LogP contribution >= 0.6 is 0 Å². The van der Waals surface area contributed by atoms with E-state index in [4.69, 9.17) is 16.2 Å². The van der Waals surface area contributed by atoms with Gasteiger partial charge in [0.1, 0.15) is 11.6 Å². The summed E-state index contributed by atoms with van der Waals surface area (Å²) < 4.78 is 5.17. The Hall–Kier alpha value is -2.08. The molecule has 0 fully saturated rings. The number of aliphatic imine (C=N–C) groups is 1. The fourth-order valence-corrected chi connectivity index (χ4v) is 1.98. The number of hydrogen-bond acceptors (Lipinski definition) is 6. The summed E-state index contributed by atoms with van der Waals surface area (Å²) in [4.78, 5) is 8.59. The van der Waals surface area contributed by atoms with Gasteiger partial charge >= 0.3 is 0 Å². The normalized spacial score (nSPS) is 22.8. The zero-order valence-corrected chi connectivity index (χ0v) is 11.4. The van der Waals surface area contributed by atoms with E-state index in [2.05, 4.69) is 15.3 Å². The maximum Gasteiger partial charge on any atom is 0.189 e. The van der Waals surface area contributed by atoms with Gasteiger partial charge < -0.3 is 15.8 Å². The lowest BCUT2D eigenvalue weighted by Crippen LogP contribution is -2.56. The fourth-order valence-electron chi connectivity index (χ4n) is 1.98. The van der Waals surface area contributed by atoms with Crippen molar-refractivity contribution < 1.29 is 4.74 Å². The number of rotatable bonds is 3. The Bertz CT molecular complexity index is 552. The zero-order valence-electron chi connectivity index (χ0n) is 11.4. The van der Waals surface area contributed by atoms with Crippen LogP contribution in [0.2, 0.25) is 0 Å². The van der Waals surface area contributed by atoms with Crippen LogP contribution in [-0.4, -0.2) is 23.7 Å². The predicted octanol–water partition coefficient (Wildman–Crippen LogP) is 0.500. The molecule has 6 nitrogen and oxygen atoms in total. The third-order valence-electron chi connectivity index (χ3n) is 3.14. The molecule has 0 saturated carbocycles. The summed E-state index contributed by atoms with van der Waals surface area (Å²) in [6.07, 6.45) is 2.11. The molecule has 2 rings (SSSR count). The highest BCUT2D eigenvalue weighted by Gasteiger charge is 2.29. The molecule has 1 aliphatic rings. The van der Waals surface area contributed by atoms with Gasteiger partial charge in [-0.25, -0.2) is 4.99 Å². The van der Waals surface area contributed by atoms with Crippen molar-refractivity contribution in [2.24, 2.45) is 16.5 Å². The van der Waals surface area contributed by atoms with Crippen LogP contribution in [0.5, 0.6) is 5.75 Å². The van der Waals surface area contributed by atoms with Gasteiger partial charge in [0.2, 0.25) is 0 Å². The molecular weight excluding hydrogens is 242 g/mol. The molecule has 2 heterocycles. The Morgan fingerprint density at radius 1 is 1.42 bits per heavy atom. The van der Waals surface area contributed by atoms with E-state index >= 15 is 0 Å². The molecule has 0 bridgehead atoms. The van der Waals surface area contributed by atoms with Gasteiger partial charge in [-0.2, -0.15) is 0 Å². The molecule has 0 aliphatic carbocycles. The molecule has 1 aromatic heterocycles. The summed E-state index contributed by atoms with van der Waals surface area (Å²) in [5.41, 5.74) is 14.7. The monoisotopic (exact) mass is 261 g/mol. The van der Waals surface area contributed by atoms with E-state index in [-0.39, 0.29) is 0 Å². The van der Waals surface area contributed by atoms with Crippen LogP contribution in [0.1, 0.15) is 19.5 Å². The fraction of sp³-hybridized carbons (Fsp3) is 0.385. The molecular formula is C13H19N5O. The van der Waals surface area contributed by atoms with E-state index in [1.54, 1.807) is 19.4 Å². The van der Waals surface area contributed by atoms with Crippen LogP contribution < -0.4 is 21.5 Å². The molecule has 6 heteroatoms. The number of ether oxygens (including phenoxy) is 1. The Balaban J connectivity index is 2.23. The zero-order chi connectivity index (χ0) is 14.0. The summed E-state index contributed by atoms with van der Waals surface area (Å²) in [5.74, 6) is 0.235. The molecule has 0 saturated heterocycles. The van der Waals surface area contributed by atoms with Crippen LogP contribution in [-0.2, 0) is 6.42 Å². The number of aromatic nitrogens is 1. The number of amidine groups is 1. The molecule has 5 N–H and O–H groups in total. The maximum atomic E-state index is 6.23. The Morgan fingerprint density at radius 3 is 2.79 bits per heavy atom. The molecule has 19 heavy (non-hydrogen) atoms. The largest absolute Gasteiger partial charge is 0.497 e. The summed E-state index contributed by atoms with van der Waals surface area (Å²) in [5, 5.41) is 3.17. The van der Waals surface area contributed by atoms with Crippen molar-refractivity contribution in [3.8, 4) is 5.75 Å². The number of nitrogens with one attached hydrogen (secondary N) is 1. The molecule has 0 spiro atoms. The average Bonchev–Trinajstić information content (AvgIpc) is 2.35. The first-order chi connectivity index (χ1) is 8.93. The first-order valence-corrected chi connectivity index (χ1v) is 6.03. The van der Waals surface area contributed by atoms with Crippen molar-refractivity contribution in [1.82, 2.24) is 10.3 Å². The predicted molar refractivity (Wildman–Crippen MR) is 74.5 cm³/mol. The highest BCUT2D eigenvalue weighted by atomic mass is 16.5. The molecule has 1 atom stereocenters. The summed E-state index contributed by atoms with van der Waals surface area (Å²) in [6.45, 7) is 3.84. The number of nitrogens with zero attached hydrogens (tertiary/aromatic N) is 2. The number of nitrogens with two attached hydrogens (primary N) is 2. The smallest absolute Gasteiger partial charge is 0.189 e. The third-order valence-corrected chi connectivity index (χ3v) is 3.14. The van der Waals surface area contributed by atoms with Gasteiger partial charge in [0.25, 0.3) is 0 Å². The first-order valence-electron chi connectivity index (χ1n) is 6.03. The summed E-state index contributed by atoms with van der Waals surface area (Å²) in [7, 11) is 1.61. The standard InChI is InChI=1S/C13H19N5O/c1-8-9(2)17-13(15,18-12(8)14)7-10-6-11(19-3)4-5-16-10/h4-6,17H,7,15H2,1-3H3,(H2,14,18). The minimum absolute atomic E-state index is 0.426. The van der Waals surface area contributed by atoms with Crippen LogP contribution in [0.15, 0.2) is 34.6 Å². The number of allylic oxidation sites excluding steroid dienone is 1. The Labute approximate surface area is 112 Å². The second-order valence-corrected chi connectivity index (χ2v) is 4.66. The van der Waals surface area contributed by atoms with Crippen molar-refractivity contribution in [2.45, 2.75) is 26.1 Å². The third kappa shape index (κ3) is 2.85. The number of hydrogen-bond donors (Lipinski definition) is 3. The lowest BCUT2D eigenvalue weighted by molar-refractivity contribution is 0.369. The van der Waals surface area contributed by atoms with Crippen molar-refractivity contribution in [3.63, 3.8) is 0 Å². The minimum Gasteiger partial charge on any atom is -0.497 e. The molecule has 1 aromatic rings. The second kappa shape index (κ2) is 4.89. The van der Waals surface area contributed by atoms with Crippen LogP contribution in [0.3, 0.4) is 0 Å². The van der Waals surface area contributed by atoms with Gasteiger partial charge in [-0.3, -0.25) is 10.7 Å². The summed E-state index contributed by atoms with van der Waals surface area (Å²) >= 11 is 0. The van der Waals surface area contributed by atoms with E-state index < -0.39 is 5.79 Å².